The van der Waals surface area contributed by atoms with E-state index in [0.29, 0.717) is 5.41 Å². The second-order valence-electron chi connectivity index (χ2n) is 7.26. The molecule has 0 unspecified atom stereocenters. The first-order valence-electron chi connectivity index (χ1n) is 6.71. The van der Waals surface area contributed by atoms with Gasteiger partial charge in [-0.25, -0.2) is 0 Å². The van der Waals surface area contributed by atoms with Crippen LogP contribution in [-0.4, -0.2) is 21.3 Å². The molecular weight excluding hydrogens is 240 g/mol. The lowest BCUT2D eigenvalue weighted by atomic mass is 9.92. The van der Waals surface area contributed by atoms with Crippen LogP contribution < -0.4 is 0 Å². The average molecular weight is 268 g/mol. The molecule has 0 fully saturated rings. The maximum absolute atomic E-state index is 4.61. The van der Waals surface area contributed by atoms with Gasteiger partial charge in [0, 0.05) is 24.6 Å². The van der Waals surface area contributed by atoms with Gasteiger partial charge in [-0.05, 0) is 23.0 Å². The number of aryl methyl sites for hydroxylation is 2. The molecular formula is C15H28N2S. The number of hydrogen-bond acceptors (Lipinski definition) is 2. The van der Waals surface area contributed by atoms with Crippen LogP contribution in [0.25, 0.3) is 0 Å². The highest BCUT2D eigenvalue weighted by molar-refractivity contribution is 7.99. The van der Waals surface area contributed by atoms with E-state index in [1.54, 1.807) is 0 Å². The van der Waals surface area contributed by atoms with Crippen molar-refractivity contribution in [1.82, 2.24) is 9.78 Å². The van der Waals surface area contributed by atoms with E-state index in [0.717, 1.165) is 12.2 Å². The van der Waals surface area contributed by atoms with Gasteiger partial charge in [-0.3, -0.25) is 4.68 Å². The van der Waals surface area contributed by atoms with Crippen molar-refractivity contribution in [1.29, 1.82) is 0 Å². The molecule has 3 heteroatoms. The van der Waals surface area contributed by atoms with Gasteiger partial charge in [0.1, 0.15) is 0 Å². The molecule has 1 aromatic rings. The fourth-order valence-corrected chi connectivity index (χ4v) is 3.02. The van der Waals surface area contributed by atoms with Crippen molar-refractivity contribution in [3.05, 3.63) is 17.5 Å². The molecule has 2 nitrogen and oxygen atoms in total. The third-order valence-electron chi connectivity index (χ3n) is 2.74. The third-order valence-corrected chi connectivity index (χ3v) is 4.30. The van der Waals surface area contributed by atoms with Crippen LogP contribution in [0.5, 0.6) is 0 Å². The number of thioether (sulfide) groups is 1. The molecule has 0 aliphatic heterocycles. The highest BCUT2D eigenvalue weighted by Crippen LogP contribution is 2.24. The van der Waals surface area contributed by atoms with Gasteiger partial charge >= 0.3 is 0 Å². The molecule has 0 atom stereocenters. The highest BCUT2D eigenvalue weighted by atomic mass is 32.2. The molecule has 1 heterocycles. The van der Waals surface area contributed by atoms with Crippen LogP contribution in [0.1, 0.15) is 52.9 Å². The van der Waals surface area contributed by atoms with Gasteiger partial charge in [0.15, 0.2) is 0 Å². The van der Waals surface area contributed by atoms with E-state index in [1.807, 2.05) is 23.5 Å². The lowest BCUT2D eigenvalue weighted by Crippen LogP contribution is -2.16. The van der Waals surface area contributed by atoms with Crippen molar-refractivity contribution in [2.45, 2.75) is 53.4 Å². The molecule has 104 valence electrons. The predicted molar refractivity (Wildman–Crippen MR) is 82.4 cm³/mol. The van der Waals surface area contributed by atoms with Gasteiger partial charge in [-0.15, -0.1) is 0 Å². The Bertz CT molecular complexity index is 380. The van der Waals surface area contributed by atoms with Crippen LogP contribution in [0.4, 0.5) is 0 Å². The van der Waals surface area contributed by atoms with Gasteiger partial charge in [-0.1, -0.05) is 41.5 Å². The van der Waals surface area contributed by atoms with Crippen molar-refractivity contribution in [2.75, 3.05) is 11.5 Å². The lowest BCUT2D eigenvalue weighted by Gasteiger charge is -2.17. The summed E-state index contributed by atoms with van der Waals surface area (Å²) in [5.74, 6) is 2.38. The van der Waals surface area contributed by atoms with E-state index in [9.17, 15) is 0 Å². The van der Waals surface area contributed by atoms with Gasteiger partial charge in [0.25, 0.3) is 0 Å². The molecule has 0 aromatic carbocycles. The normalized spacial score (nSPS) is 13.1. The maximum atomic E-state index is 4.61. The Kier molecular flexibility index (Phi) is 4.93. The summed E-state index contributed by atoms with van der Waals surface area (Å²) in [5.41, 5.74) is 3.14. The van der Waals surface area contributed by atoms with Gasteiger partial charge in [-0.2, -0.15) is 16.9 Å². The van der Waals surface area contributed by atoms with E-state index in [1.165, 1.54) is 17.1 Å². The summed E-state index contributed by atoms with van der Waals surface area (Å²) in [7, 11) is 2.05. The molecule has 0 amide bonds. The van der Waals surface area contributed by atoms with Crippen LogP contribution in [0.2, 0.25) is 0 Å². The fraction of sp³-hybridized carbons (Fsp3) is 0.800. The minimum atomic E-state index is 0.179. The van der Waals surface area contributed by atoms with Crippen molar-refractivity contribution in [3.63, 3.8) is 0 Å². The molecule has 0 N–H and O–H groups in total. The maximum Gasteiger partial charge on any atom is 0.0635 e. The molecule has 0 bridgehead atoms. The average Bonchev–Trinajstić information content (AvgIpc) is 2.52. The van der Waals surface area contributed by atoms with Crippen molar-refractivity contribution in [3.8, 4) is 0 Å². The second kappa shape index (κ2) is 5.68. The fourth-order valence-electron chi connectivity index (χ4n) is 1.91. The van der Waals surface area contributed by atoms with Gasteiger partial charge < -0.3 is 0 Å². The van der Waals surface area contributed by atoms with Crippen LogP contribution >= 0.6 is 11.8 Å². The molecule has 1 aromatic heterocycles. The van der Waals surface area contributed by atoms with Crippen LogP contribution in [0, 0.1) is 5.41 Å². The van der Waals surface area contributed by atoms with E-state index < -0.39 is 0 Å². The SMILES string of the molecule is Cn1nc(CCSCC(C)(C)C)cc1C(C)(C)C. The first kappa shape index (κ1) is 15.6. The number of rotatable bonds is 4. The Morgan fingerprint density at radius 3 is 2.22 bits per heavy atom. The van der Waals surface area contributed by atoms with Crippen LogP contribution in [-0.2, 0) is 18.9 Å². The van der Waals surface area contributed by atoms with E-state index in [2.05, 4.69) is 52.7 Å². The molecule has 0 spiro atoms. The quantitative estimate of drug-likeness (QED) is 0.767. The first-order valence-corrected chi connectivity index (χ1v) is 7.86. The topological polar surface area (TPSA) is 17.8 Å². The van der Waals surface area contributed by atoms with Crippen molar-refractivity contribution < 1.29 is 0 Å². The minimum absolute atomic E-state index is 0.179. The Balaban J connectivity index is 2.50. The van der Waals surface area contributed by atoms with E-state index >= 15 is 0 Å². The Labute approximate surface area is 117 Å². The summed E-state index contributed by atoms with van der Waals surface area (Å²) in [4.78, 5) is 0. The number of aromatic nitrogens is 2. The molecule has 0 radical (unpaired) electrons. The zero-order chi connectivity index (χ0) is 14.0. The third kappa shape index (κ3) is 5.05. The highest BCUT2D eigenvalue weighted by Gasteiger charge is 2.19. The Morgan fingerprint density at radius 1 is 1.17 bits per heavy atom. The summed E-state index contributed by atoms with van der Waals surface area (Å²) in [6.45, 7) is 13.6. The molecule has 1 rings (SSSR count). The Morgan fingerprint density at radius 2 is 1.78 bits per heavy atom. The summed E-state index contributed by atoms with van der Waals surface area (Å²) >= 11 is 2.03. The molecule has 0 saturated heterocycles. The summed E-state index contributed by atoms with van der Waals surface area (Å²) in [6, 6.07) is 2.26. The Hall–Kier alpha value is -0.440. The molecule has 0 saturated carbocycles. The monoisotopic (exact) mass is 268 g/mol. The first-order chi connectivity index (χ1) is 8.09. The summed E-state index contributed by atoms with van der Waals surface area (Å²) < 4.78 is 2.03. The smallest absolute Gasteiger partial charge is 0.0635 e. The predicted octanol–water partition coefficient (Wildman–Crippen LogP) is 4.04. The molecule has 18 heavy (non-hydrogen) atoms. The number of hydrogen-bond donors (Lipinski definition) is 0. The van der Waals surface area contributed by atoms with E-state index in [4.69, 9.17) is 0 Å². The lowest BCUT2D eigenvalue weighted by molar-refractivity contribution is 0.480. The zero-order valence-corrected chi connectivity index (χ0v) is 13.8. The summed E-state index contributed by atoms with van der Waals surface area (Å²) in [6.07, 6.45) is 1.07. The molecule has 0 aliphatic rings. The minimum Gasteiger partial charge on any atom is -0.272 e. The second-order valence-corrected chi connectivity index (χ2v) is 8.36. The molecule has 0 aliphatic carbocycles. The van der Waals surface area contributed by atoms with Crippen molar-refractivity contribution >= 4 is 11.8 Å². The van der Waals surface area contributed by atoms with Gasteiger partial charge in [0.05, 0.1) is 5.69 Å². The van der Waals surface area contributed by atoms with Crippen LogP contribution in [0.15, 0.2) is 6.07 Å². The largest absolute Gasteiger partial charge is 0.272 e. The number of nitrogens with zero attached hydrogens (tertiary/aromatic N) is 2. The van der Waals surface area contributed by atoms with Crippen molar-refractivity contribution in [2.24, 2.45) is 12.5 Å². The van der Waals surface area contributed by atoms with E-state index in [-0.39, 0.29) is 5.41 Å². The van der Waals surface area contributed by atoms with Gasteiger partial charge in [0.2, 0.25) is 0 Å². The zero-order valence-electron chi connectivity index (χ0n) is 13.0. The van der Waals surface area contributed by atoms with Crippen LogP contribution in [0.3, 0.4) is 0 Å². The standard InChI is InChI=1S/C15H28N2S/c1-14(2,3)11-18-9-8-12-10-13(15(4,5)6)17(7)16-12/h10H,8-9,11H2,1-7H3. The summed E-state index contributed by atoms with van der Waals surface area (Å²) in [5, 5.41) is 4.61.